The molecule has 0 aliphatic carbocycles. The highest BCUT2D eigenvalue weighted by molar-refractivity contribution is 5.96. The van der Waals surface area contributed by atoms with Gasteiger partial charge in [-0.1, -0.05) is 56.3 Å². The summed E-state index contributed by atoms with van der Waals surface area (Å²) in [6, 6.07) is 18.3. The van der Waals surface area contributed by atoms with Crippen molar-refractivity contribution in [1.82, 2.24) is 14.5 Å². The molecule has 0 fully saturated rings. The number of carbonyl (C=O) groups excluding carboxylic acids is 1. The average Bonchev–Trinajstić information content (AvgIpc) is 3.23. The van der Waals surface area contributed by atoms with Crippen LogP contribution in [0.5, 0.6) is 0 Å². The van der Waals surface area contributed by atoms with Crippen LogP contribution >= 0.6 is 0 Å². The molecule has 0 aliphatic heterocycles. The van der Waals surface area contributed by atoms with Crippen LogP contribution in [0.25, 0.3) is 22.4 Å². The summed E-state index contributed by atoms with van der Waals surface area (Å²) in [7, 11) is 0. The van der Waals surface area contributed by atoms with Gasteiger partial charge in [-0.25, -0.2) is 4.98 Å². The van der Waals surface area contributed by atoms with Crippen LogP contribution in [0.1, 0.15) is 30.7 Å². The Kier molecular flexibility index (Phi) is 4.97. The monoisotopic (exact) mass is 386 g/mol. The molecule has 0 saturated heterocycles. The van der Waals surface area contributed by atoms with Gasteiger partial charge in [0.05, 0.1) is 16.6 Å². The second-order valence-corrected chi connectivity index (χ2v) is 7.75. The van der Waals surface area contributed by atoms with Gasteiger partial charge in [0.2, 0.25) is 5.91 Å². The maximum Gasteiger partial charge on any atom is 0.228 e. The van der Waals surface area contributed by atoms with Crippen molar-refractivity contribution in [3.63, 3.8) is 0 Å². The number of rotatable bonds is 5. The highest BCUT2D eigenvalue weighted by Crippen LogP contribution is 2.36. The molecule has 0 aliphatic rings. The van der Waals surface area contributed by atoms with Gasteiger partial charge in [-0.05, 0) is 37.1 Å². The van der Waals surface area contributed by atoms with Crippen molar-refractivity contribution in [3.8, 4) is 11.4 Å². The third kappa shape index (κ3) is 3.56. The van der Waals surface area contributed by atoms with E-state index in [0.29, 0.717) is 6.54 Å². The van der Waals surface area contributed by atoms with E-state index in [1.54, 1.807) is 0 Å². The van der Waals surface area contributed by atoms with Crippen LogP contribution in [0.4, 0.5) is 5.82 Å². The number of fused-ring (bicyclic) bond motifs is 1. The summed E-state index contributed by atoms with van der Waals surface area (Å²) in [4.78, 5) is 20.9. The van der Waals surface area contributed by atoms with E-state index in [2.05, 4.69) is 40.8 Å². The number of benzene rings is 2. The van der Waals surface area contributed by atoms with Crippen molar-refractivity contribution in [2.45, 2.75) is 34.2 Å². The highest BCUT2D eigenvalue weighted by atomic mass is 16.1. The lowest BCUT2D eigenvalue weighted by Crippen LogP contribution is -2.21. The summed E-state index contributed by atoms with van der Waals surface area (Å²) >= 11 is 0. The second-order valence-electron chi connectivity index (χ2n) is 7.75. The third-order valence-corrected chi connectivity index (χ3v) is 5.40. The minimum absolute atomic E-state index is 0.00540. The van der Waals surface area contributed by atoms with Gasteiger partial charge in [0.15, 0.2) is 0 Å². The molecule has 2 aromatic heterocycles. The lowest BCUT2D eigenvalue weighted by Gasteiger charge is -2.15. The first-order chi connectivity index (χ1) is 14.0. The number of hydrogen-bond donors (Lipinski definition) is 2. The quantitative estimate of drug-likeness (QED) is 0.489. The van der Waals surface area contributed by atoms with E-state index in [4.69, 9.17) is 4.98 Å². The van der Waals surface area contributed by atoms with Gasteiger partial charge < -0.3 is 14.9 Å². The standard InChI is InChI=1S/C24H26N4O/c1-15(2)24(29)27-23-21(22-25-19-12-8-9-13-20(19)26-22)16(3)17(4)28(23)14-18-10-6-5-7-11-18/h5-13,15H,14H2,1-4H3,(H,25,26)(H,27,29). The van der Waals surface area contributed by atoms with Crippen molar-refractivity contribution in [2.75, 3.05) is 5.32 Å². The van der Waals surface area contributed by atoms with Crippen LogP contribution in [0.15, 0.2) is 54.6 Å². The maximum atomic E-state index is 12.6. The number of nitrogens with one attached hydrogen (secondary N) is 2. The van der Waals surface area contributed by atoms with E-state index in [9.17, 15) is 4.79 Å². The van der Waals surface area contributed by atoms with E-state index >= 15 is 0 Å². The number of nitrogens with zero attached hydrogens (tertiary/aromatic N) is 2. The van der Waals surface area contributed by atoms with Crippen LogP contribution in [-0.4, -0.2) is 20.4 Å². The number of aromatic nitrogens is 3. The molecule has 2 heterocycles. The molecule has 0 bridgehead atoms. The normalized spacial score (nSPS) is 11.3. The zero-order chi connectivity index (χ0) is 20.5. The van der Waals surface area contributed by atoms with Gasteiger partial charge >= 0.3 is 0 Å². The van der Waals surface area contributed by atoms with E-state index < -0.39 is 0 Å². The smallest absolute Gasteiger partial charge is 0.228 e. The molecule has 1 amide bonds. The molecule has 4 rings (SSSR count). The van der Waals surface area contributed by atoms with Gasteiger partial charge in [0, 0.05) is 18.2 Å². The fourth-order valence-corrected chi connectivity index (χ4v) is 3.58. The highest BCUT2D eigenvalue weighted by Gasteiger charge is 2.24. The Balaban J connectivity index is 1.89. The summed E-state index contributed by atoms with van der Waals surface area (Å²) in [5, 5.41) is 3.17. The van der Waals surface area contributed by atoms with Gasteiger partial charge in [0.1, 0.15) is 11.6 Å². The van der Waals surface area contributed by atoms with E-state index in [1.807, 2.05) is 56.3 Å². The number of amides is 1. The van der Waals surface area contributed by atoms with Gasteiger partial charge in [-0.3, -0.25) is 4.79 Å². The lowest BCUT2D eigenvalue weighted by molar-refractivity contribution is -0.118. The van der Waals surface area contributed by atoms with Crippen molar-refractivity contribution >= 4 is 22.8 Å². The fraction of sp³-hybridized carbons (Fsp3) is 0.250. The molecule has 0 saturated carbocycles. The Labute approximate surface area is 170 Å². The van der Waals surface area contributed by atoms with Crippen molar-refractivity contribution in [2.24, 2.45) is 5.92 Å². The first kappa shape index (κ1) is 19.0. The molecule has 0 radical (unpaired) electrons. The molecule has 148 valence electrons. The number of hydrogen-bond acceptors (Lipinski definition) is 2. The van der Waals surface area contributed by atoms with Crippen LogP contribution in [0.3, 0.4) is 0 Å². The second kappa shape index (κ2) is 7.59. The molecular formula is C24H26N4O. The van der Waals surface area contributed by atoms with E-state index in [1.165, 1.54) is 5.56 Å². The molecule has 4 aromatic rings. The zero-order valence-electron chi connectivity index (χ0n) is 17.3. The molecule has 2 aromatic carbocycles. The van der Waals surface area contributed by atoms with Crippen LogP contribution in [0, 0.1) is 19.8 Å². The number of anilines is 1. The molecule has 5 nitrogen and oxygen atoms in total. The summed E-state index contributed by atoms with van der Waals surface area (Å²) in [5.41, 5.74) is 6.25. The Morgan fingerprint density at radius 2 is 1.76 bits per heavy atom. The summed E-state index contributed by atoms with van der Waals surface area (Å²) < 4.78 is 2.17. The third-order valence-electron chi connectivity index (χ3n) is 5.40. The fourth-order valence-electron chi connectivity index (χ4n) is 3.58. The Bertz CT molecular complexity index is 1140. The molecule has 29 heavy (non-hydrogen) atoms. The molecular weight excluding hydrogens is 360 g/mol. The minimum Gasteiger partial charge on any atom is -0.338 e. The van der Waals surface area contributed by atoms with Crippen molar-refractivity contribution in [1.29, 1.82) is 0 Å². The van der Waals surface area contributed by atoms with E-state index in [-0.39, 0.29) is 11.8 Å². The lowest BCUT2D eigenvalue weighted by atomic mass is 10.1. The Morgan fingerprint density at radius 3 is 2.45 bits per heavy atom. The zero-order valence-corrected chi connectivity index (χ0v) is 17.3. The van der Waals surface area contributed by atoms with Gasteiger partial charge in [-0.2, -0.15) is 0 Å². The molecule has 0 unspecified atom stereocenters. The SMILES string of the molecule is Cc1c(-c2nc3ccccc3[nH]2)c(NC(=O)C(C)C)n(Cc2ccccc2)c1C. The number of para-hydroxylation sites is 2. The van der Waals surface area contributed by atoms with Gasteiger partial charge in [-0.15, -0.1) is 0 Å². The minimum atomic E-state index is -0.112. The summed E-state index contributed by atoms with van der Waals surface area (Å²) in [6.45, 7) is 8.67. The van der Waals surface area contributed by atoms with Crippen LogP contribution < -0.4 is 5.32 Å². The molecule has 2 N–H and O–H groups in total. The van der Waals surface area contributed by atoms with Crippen molar-refractivity contribution in [3.05, 3.63) is 71.4 Å². The number of H-pyrrole nitrogens is 1. The van der Waals surface area contributed by atoms with Crippen LogP contribution in [-0.2, 0) is 11.3 Å². The van der Waals surface area contributed by atoms with Crippen LogP contribution in [0.2, 0.25) is 0 Å². The maximum absolute atomic E-state index is 12.6. The van der Waals surface area contributed by atoms with Crippen molar-refractivity contribution < 1.29 is 4.79 Å². The largest absolute Gasteiger partial charge is 0.338 e. The predicted molar refractivity (Wildman–Crippen MR) is 118 cm³/mol. The molecule has 0 spiro atoms. The topological polar surface area (TPSA) is 62.7 Å². The van der Waals surface area contributed by atoms with E-state index in [0.717, 1.165) is 39.5 Å². The summed E-state index contributed by atoms with van der Waals surface area (Å²) in [5.74, 6) is 1.45. The number of carbonyl (C=O) groups is 1. The number of aromatic amines is 1. The Morgan fingerprint density at radius 1 is 1.07 bits per heavy atom. The van der Waals surface area contributed by atoms with Gasteiger partial charge in [0.25, 0.3) is 0 Å². The first-order valence-electron chi connectivity index (χ1n) is 9.95. The Hall–Kier alpha value is -3.34. The summed E-state index contributed by atoms with van der Waals surface area (Å²) in [6.07, 6.45) is 0. The average molecular weight is 386 g/mol. The molecule has 0 atom stereocenters. The molecule has 5 heteroatoms. The predicted octanol–water partition coefficient (Wildman–Crippen LogP) is 5.29. The first-order valence-corrected chi connectivity index (χ1v) is 9.95. The number of imidazole rings is 1.